The van der Waals surface area contributed by atoms with Crippen molar-refractivity contribution in [1.29, 1.82) is 0 Å². The smallest absolute Gasteiger partial charge is 0.289 e. The molecule has 0 saturated carbocycles. The van der Waals surface area contributed by atoms with Gasteiger partial charge in [-0.25, -0.2) is 13.1 Å². The van der Waals surface area contributed by atoms with Crippen molar-refractivity contribution >= 4 is 15.9 Å². The first kappa shape index (κ1) is 15.3. The summed E-state index contributed by atoms with van der Waals surface area (Å²) >= 11 is 0. The third-order valence-corrected chi connectivity index (χ3v) is 4.15. The summed E-state index contributed by atoms with van der Waals surface area (Å²) in [5.74, 6) is 0.917. The van der Waals surface area contributed by atoms with Gasteiger partial charge in [0.25, 0.3) is 15.9 Å². The first-order valence-corrected chi connectivity index (χ1v) is 7.66. The van der Waals surface area contributed by atoms with E-state index in [9.17, 15) is 13.2 Å². The van der Waals surface area contributed by atoms with Gasteiger partial charge in [0, 0.05) is 7.05 Å². The second-order valence-electron chi connectivity index (χ2n) is 4.50. The average Bonchev–Trinajstić information content (AvgIpc) is 3.07. The lowest BCUT2D eigenvalue weighted by atomic mass is 10.3. The van der Waals surface area contributed by atoms with E-state index in [2.05, 4.69) is 4.72 Å². The third-order valence-electron chi connectivity index (χ3n) is 2.86. The van der Waals surface area contributed by atoms with Gasteiger partial charge in [-0.15, -0.1) is 0 Å². The predicted octanol–water partition coefficient (Wildman–Crippen LogP) is 1.36. The lowest BCUT2D eigenvalue weighted by Gasteiger charge is -2.13. The lowest BCUT2D eigenvalue weighted by molar-refractivity contribution is 0.0737. The first-order valence-electron chi connectivity index (χ1n) is 6.17. The van der Waals surface area contributed by atoms with Crippen molar-refractivity contribution in [3.8, 4) is 0 Å². The Balaban J connectivity index is 2.13. The fraction of sp³-hybridized carbons (Fsp3) is 0.308. The summed E-state index contributed by atoms with van der Waals surface area (Å²) in [5, 5.41) is -0.296. The quantitative estimate of drug-likeness (QED) is 0.900. The summed E-state index contributed by atoms with van der Waals surface area (Å²) in [6, 6.07) is 6.15. The maximum Gasteiger partial charge on any atom is 0.289 e. The van der Waals surface area contributed by atoms with E-state index >= 15 is 0 Å². The van der Waals surface area contributed by atoms with E-state index in [1.165, 1.54) is 24.1 Å². The van der Waals surface area contributed by atoms with Crippen LogP contribution in [0.25, 0.3) is 0 Å². The van der Waals surface area contributed by atoms with E-state index in [1.54, 1.807) is 19.2 Å². The normalized spacial score (nSPS) is 11.6. The number of aryl methyl sites for hydroxylation is 1. The molecule has 2 rings (SSSR count). The fourth-order valence-corrected chi connectivity index (χ4v) is 2.39. The maximum absolute atomic E-state index is 12.2. The van der Waals surface area contributed by atoms with Crippen LogP contribution in [-0.4, -0.2) is 33.3 Å². The van der Waals surface area contributed by atoms with Crippen molar-refractivity contribution in [3.05, 3.63) is 41.5 Å². The van der Waals surface area contributed by atoms with Gasteiger partial charge in [0.05, 0.1) is 6.54 Å². The highest BCUT2D eigenvalue weighted by atomic mass is 32.2. The average molecular weight is 312 g/mol. The van der Waals surface area contributed by atoms with Crippen LogP contribution in [0.5, 0.6) is 0 Å². The molecule has 1 amide bonds. The number of rotatable bonds is 5. The van der Waals surface area contributed by atoms with Gasteiger partial charge in [-0.1, -0.05) is 0 Å². The molecule has 0 aromatic carbocycles. The summed E-state index contributed by atoms with van der Waals surface area (Å²) in [7, 11) is -0.851. The summed E-state index contributed by atoms with van der Waals surface area (Å²) in [5.41, 5.74) is 0. The van der Waals surface area contributed by atoms with E-state index in [0.717, 1.165) is 5.76 Å². The molecule has 2 aromatic heterocycles. The van der Waals surface area contributed by atoms with E-state index in [4.69, 9.17) is 8.83 Å². The number of nitrogens with one attached hydrogen (secondary N) is 1. The molecule has 0 unspecified atom stereocenters. The summed E-state index contributed by atoms with van der Waals surface area (Å²) in [6.07, 6.45) is 0. The second-order valence-corrected chi connectivity index (χ2v) is 6.32. The molecule has 0 bridgehead atoms. The number of hydrogen-bond donors (Lipinski definition) is 1. The Bertz CT molecular complexity index is 744. The molecular weight excluding hydrogens is 296 g/mol. The highest BCUT2D eigenvalue weighted by molar-refractivity contribution is 7.89. The predicted molar refractivity (Wildman–Crippen MR) is 74.2 cm³/mol. The SMILES string of the molecule is CNS(=O)(=O)c1ccc(C(=O)N(C)Cc2ccc(C)o2)o1. The van der Waals surface area contributed by atoms with Gasteiger partial charge in [0.15, 0.2) is 5.76 Å². The molecule has 1 N–H and O–H groups in total. The van der Waals surface area contributed by atoms with Crippen LogP contribution in [0.1, 0.15) is 22.1 Å². The van der Waals surface area contributed by atoms with E-state index < -0.39 is 15.9 Å². The molecule has 0 radical (unpaired) electrons. The number of hydrogen-bond acceptors (Lipinski definition) is 5. The van der Waals surface area contributed by atoms with Crippen LogP contribution in [0, 0.1) is 6.92 Å². The molecule has 0 spiro atoms. The highest BCUT2D eigenvalue weighted by Gasteiger charge is 2.22. The second kappa shape index (κ2) is 5.74. The molecule has 2 heterocycles. The van der Waals surface area contributed by atoms with Gasteiger partial charge in [0.1, 0.15) is 11.5 Å². The molecule has 114 valence electrons. The van der Waals surface area contributed by atoms with E-state index in [0.29, 0.717) is 5.76 Å². The standard InChI is InChI=1S/C13H16N2O5S/c1-9-4-5-10(19-9)8-15(3)13(16)11-6-7-12(20-11)21(17,18)14-2/h4-7,14H,8H2,1-3H3. The zero-order valence-electron chi connectivity index (χ0n) is 11.9. The van der Waals surface area contributed by atoms with Crippen LogP contribution in [0.2, 0.25) is 0 Å². The monoisotopic (exact) mass is 312 g/mol. The van der Waals surface area contributed by atoms with Crippen LogP contribution >= 0.6 is 0 Å². The molecular formula is C13H16N2O5S. The largest absolute Gasteiger partial charge is 0.464 e. The number of sulfonamides is 1. The molecule has 0 fully saturated rings. The topological polar surface area (TPSA) is 92.8 Å². The number of furan rings is 2. The Morgan fingerprint density at radius 1 is 1.24 bits per heavy atom. The zero-order chi connectivity index (χ0) is 15.6. The Labute approximate surface area is 122 Å². The van der Waals surface area contributed by atoms with Crippen molar-refractivity contribution in [2.45, 2.75) is 18.6 Å². The van der Waals surface area contributed by atoms with Crippen LogP contribution in [0.3, 0.4) is 0 Å². The van der Waals surface area contributed by atoms with Gasteiger partial charge in [-0.3, -0.25) is 4.79 Å². The molecule has 0 aliphatic heterocycles. The third kappa shape index (κ3) is 3.34. The van der Waals surface area contributed by atoms with Gasteiger partial charge in [-0.2, -0.15) is 0 Å². The molecule has 8 heteroatoms. The number of carbonyl (C=O) groups excluding carboxylic acids is 1. The maximum atomic E-state index is 12.2. The minimum atomic E-state index is -3.70. The van der Waals surface area contributed by atoms with E-state index in [-0.39, 0.29) is 17.4 Å². The minimum absolute atomic E-state index is 0.0467. The first-order chi connectivity index (χ1) is 9.83. The van der Waals surface area contributed by atoms with Crippen LogP contribution in [0.4, 0.5) is 0 Å². The van der Waals surface area contributed by atoms with Crippen LogP contribution in [0.15, 0.2) is 38.2 Å². The van der Waals surface area contributed by atoms with Gasteiger partial charge in [0.2, 0.25) is 5.09 Å². The Hall–Kier alpha value is -2.06. The molecule has 2 aromatic rings. The van der Waals surface area contributed by atoms with Crippen molar-refractivity contribution in [2.75, 3.05) is 14.1 Å². The van der Waals surface area contributed by atoms with Crippen molar-refractivity contribution in [2.24, 2.45) is 0 Å². The van der Waals surface area contributed by atoms with E-state index in [1.807, 2.05) is 6.92 Å². The number of carbonyl (C=O) groups is 1. The zero-order valence-corrected chi connectivity index (χ0v) is 12.7. The van der Waals surface area contributed by atoms with Gasteiger partial charge < -0.3 is 13.7 Å². The Kier molecular flexibility index (Phi) is 4.19. The number of nitrogens with zero attached hydrogens (tertiary/aromatic N) is 1. The fourth-order valence-electron chi connectivity index (χ4n) is 1.74. The van der Waals surface area contributed by atoms with Gasteiger partial charge >= 0.3 is 0 Å². The molecule has 0 atom stereocenters. The Morgan fingerprint density at radius 2 is 1.95 bits per heavy atom. The molecule has 21 heavy (non-hydrogen) atoms. The van der Waals surface area contributed by atoms with Crippen LogP contribution < -0.4 is 4.72 Å². The molecule has 7 nitrogen and oxygen atoms in total. The summed E-state index contributed by atoms with van der Waals surface area (Å²) in [4.78, 5) is 13.5. The van der Waals surface area contributed by atoms with Crippen molar-refractivity contribution < 1.29 is 22.0 Å². The Morgan fingerprint density at radius 3 is 2.52 bits per heavy atom. The highest BCUT2D eigenvalue weighted by Crippen LogP contribution is 2.16. The summed E-state index contributed by atoms with van der Waals surface area (Å²) in [6.45, 7) is 2.08. The lowest BCUT2D eigenvalue weighted by Crippen LogP contribution is -2.25. The van der Waals surface area contributed by atoms with Crippen LogP contribution in [-0.2, 0) is 16.6 Å². The van der Waals surface area contributed by atoms with Gasteiger partial charge in [-0.05, 0) is 38.2 Å². The summed E-state index contributed by atoms with van der Waals surface area (Å²) < 4.78 is 35.7. The van der Waals surface area contributed by atoms with Crippen molar-refractivity contribution in [3.63, 3.8) is 0 Å². The van der Waals surface area contributed by atoms with Crippen molar-refractivity contribution in [1.82, 2.24) is 9.62 Å². The number of amides is 1. The molecule has 0 aliphatic carbocycles. The minimum Gasteiger partial charge on any atom is -0.464 e. The molecule has 0 saturated heterocycles. The molecule has 0 aliphatic rings.